The maximum Gasteiger partial charge on any atom is 0.201 e. The summed E-state index contributed by atoms with van der Waals surface area (Å²) in [6.45, 7) is 0.493. The number of aromatic amines is 1. The van der Waals surface area contributed by atoms with E-state index < -0.39 is 10.9 Å². The number of pyridine rings is 2. The van der Waals surface area contributed by atoms with Gasteiger partial charge in [-0.2, -0.15) is 0 Å². The molecule has 0 aromatic carbocycles. The van der Waals surface area contributed by atoms with Crippen LogP contribution in [-0.2, 0) is 10.9 Å². The van der Waals surface area contributed by atoms with Gasteiger partial charge in [0.25, 0.3) is 0 Å². The van der Waals surface area contributed by atoms with Crippen LogP contribution in [0.3, 0.4) is 0 Å². The van der Waals surface area contributed by atoms with Gasteiger partial charge in [0.15, 0.2) is 0 Å². The van der Waals surface area contributed by atoms with Crippen molar-refractivity contribution in [2.45, 2.75) is 31.7 Å². The SMILES string of the molecule is O=[SH](=O)NCC1CCCC(Nc2cc(Cl)cc(-c3c[nH]c4ncccc34)n2)C1. The Morgan fingerprint density at radius 3 is 3.04 bits per heavy atom. The smallest absolute Gasteiger partial charge is 0.201 e. The fourth-order valence-electron chi connectivity index (χ4n) is 3.90. The Hall–Kier alpha value is -2.16. The summed E-state index contributed by atoms with van der Waals surface area (Å²) >= 11 is 6.37. The summed E-state index contributed by atoms with van der Waals surface area (Å²) < 4.78 is 24.1. The second-order valence-corrected chi connectivity index (χ2v) is 8.42. The van der Waals surface area contributed by atoms with Gasteiger partial charge in [-0.1, -0.05) is 18.0 Å². The molecule has 3 heterocycles. The van der Waals surface area contributed by atoms with Crippen LogP contribution in [0, 0.1) is 5.92 Å². The van der Waals surface area contributed by atoms with Gasteiger partial charge < -0.3 is 10.3 Å². The molecule has 0 saturated heterocycles. The Bertz CT molecular complexity index is 1040. The standard InChI is InChI=1S/C19H22ClN5O2S/c20-13-8-17(16-11-22-19-15(16)5-2-6-21-19)25-18(9-13)24-14-4-1-3-12(7-14)10-23-28(26)27/h2,5-6,8-9,11-12,14,28H,1,3-4,7,10H2,(H,21,22)(H,24,25)(H,23,26,27). The summed E-state index contributed by atoms with van der Waals surface area (Å²) in [4.78, 5) is 12.3. The Balaban J connectivity index is 1.53. The fraction of sp³-hybridized carbons (Fsp3) is 0.368. The Kier molecular flexibility index (Phi) is 5.79. The molecule has 0 radical (unpaired) electrons. The van der Waals surface area contributed by atoms with Crippen LogP contribution in [0.5, 0.6) is 0 Å². The van der Waals surface area contributed by atoms with Gasteiger partial charge in [0, 0.05) is 41.0 Å². The van der Waals surface area contributed by atoms with Gasteiger partial charge in [-0.15, -0.1) is 0 Å². The van der Waals surface area contributed by atoms with E-state index in [4.69, 9.17) is 16.6 Å². The summed E-state index contributed by atoms with van der Waals surface area (Å²) in [6.07, 6.45) is 7.66. The number of H-pyrrole nitrogens is 1. The van der Waals surface area contributed by atoms with Crippen LogP contribution in [0.4, 0.5) is 5.82 Å². The zero-order valence-electron chi connectivity index (χ0n) is 15.2. The van der Waals surface area contributed by atoms with Crippen molar-refractivity contribution in [3.05, 3.63) is 41.7 Å². The first-order valence-corrected chi connectivity index (χ1v) is 10.9. The quantitative estimate of drug-likeness (QED) is 0.459. The van der Waals surface area contributed by atoms with Crippen molar-refractivity contribution in [1.29, 1.82) is 0 Å². The van der Waals surface area contributed by atoms with Crippen LogP contribution < -0.4 is 10.0 Å². The monoisotopic (exact) mass is 419 g/mol. The van der Waals surface area contributed by atoms with E-state index in [9.17, 15) is 8.42 Å². The van der Waals surface area contributed by atoms with Crippen LogP contribution in [0.15, 0.2) is 36.7 Å². The van der Waals surface area contributed by atoms with Crippen molar-refractivity contribution in [2.24, 2.45) is 5.92 Å². The molecule has 2 atom stereocenters. The molecular formula is C19H22ClN5O2S. The average molecular weight is 420 g/mol. The summed E-state index contributed by atoms with van der Waals surface area (Å²) in [5, 5.41) is 5.10. The number of aromatic nitrogens is 3. The lowest BCUT2D eigenvalue weighted by Crippen LogP contribution is -2.32. The largest absolute Gasteiger partial charge is 0.367 e. The Morgan fingerprint density at radius 2 is 2.18 bits per heavy atom. The molecule has 2 unspecified atom stereocenters. The minimum Gasteiger partial charge on any atom is -0.367 e. The lowest BCUT2D eigenvalue weighted by molar-refractivity contribution is 0.335. The number of fused-ring (bicyclic) bond motifs is 1. The number of hydrogen-bond donors (Lipinski definition) is 4. The van der Waals surface area contributed by atoms with E-state index >= 15 is 0 Å². The molecule has 0 bridgehead atoms. The van der Waals surface area contributed by atoms with Gasteiger partial charge in [-0.05, 0) is 49.4 Å². The lowest BCUT2D eigenvalue weighted by atomic mass is 9.86. The van der Waals surface area contributed by atoms with Gasteiger partial charge in [0.05, 0.1) is 5.69 Å². The van der Waals surface area contributed by atoms with Gasteiger partial charge in [-0.3, -0.25) is 0 Å². The van der Waals surface area contributed by atoms with E-state index in [0.717, 1.165) is 53.8 Å². The van der Waals surface area contributed by atoms with Gasteiger partial charge in [0.2, 0.25) is 10.9 Å². The van der Waals surface area contributed by atoms with E-state index in [2.05, 4.69) is 20.0 Å². The molecule has 4 rings (SSSR count). The van der Waals surface area contributed by atoms with Crippen molar-refractivity contribution in [3.63, 3.8) is 0 Å². The molecule has 148 valence electrons. The molecule has 3 N–H and O–H groups in total. The molecule has 0 spiro atoms. The minimum absolute atomic E-state index is 0.244. The molecule has 3 aromatic heterocycles. The van der Waals surface area contributed by atoms with Crippen molar-refractivity contribution in [3.8, 4) is 11.3 Å². The molecular weight excluding hydrogens is 398 g/mol. The Labute approximate surface area is 170 Å². The molecule has 1 saturated carbocycles. The Morgan fingerprint density at radius 1 is 1.29 bits per heavy atom. The first-order valence-electron chi connectivity index (χ1n) is 9.33. The van der Waals surface area contributed by atoms with Crippen LogP contribution in [0.2, 0.25) is 5.02 Å². The number of nitrogens with one attached hydrogen (secondary N) is 3. The molecule has 1 aliphatic rings. The molecule has 28 heavy (non-hydrogen) atoms. The normalized spacial score (nSPS) is 19.9. The van der Waals surface area contributed by atoms with Crippen LogP contribution in [-0.4, -0.2) is 36.0 Å². The third kappa shape index (κ3) is 4.45. The van der Waals surface area contributed by atoms with E-state index in [1.54, 1.807) is 6.20 Å². The van der Waals surface area contributed by atoms with Gasteiger partial charge in [-0.25, -0.2) is 23.1 Å². The van der Waals surface area contributed by atoms with E-state index in [1.165, 1.54) is 0 Å². The summed E-state index contributed by atoms with van der Waals surface area (Å²) in [5.74, 6) is 1.06. The second kappa shape index (κ2) is 8.46. The van der Waals surface area contributed by atoms with E-state index in [1.807, 2.05) is 30.5 Å². The number of halogens is 1. The molecule has 9 heteroatoms. The second-order valence-electron chi connectivity index (χ2n) is 7.15. The minimum atomic E-state index is -2.54. The maximum absolute atomic E-state index is 10.8. The number of thiol groups is 1. The van der Waals surface area contributed by atoms with Crippen LogP contribution in [0.25, 0.3) is 22.3 Å². The van der Waals surface area contributed by atoms with Crippen molar-refractivity contribution < 1.29 is 8.42 Å². The van der Waals surface area contributed by atoms with Gasteiger partial charge >= 0.3 is 0 Å². The average Bonchev–Trinajstić information content (AvgIpc) is 3.10. The third-order valence-electron chi connectivity index (χ3n) is 5.16. The molecule has 0 aliphatic heterocycles. The maximum atomic E-state index is 10.8. The van der Waals surface area contributed by atoms with E-state index in [-0.39, 0.29) is 6.04 Å². The highest BCUT2D eigenvalue weighted by Crippen LogP contribution is 2.31. The first-order chi connectivity index (χ1) is 13.6. The number of nitrogens with zero attached hydrogens (tertiary/aromatic N) is 2. The zero-order valence-corrected chi connectivity index (χ0v) is 16.8. The van der Waals surface area contributed by atoms with Crippen molar-refractivity contribution in [1.82, 2.24) is 19.7 Å². The zero-order chi connectivity index (χ0) is 19.5. The van der Waals surface area contributed by atoms with Gasteiger partial charge in [0.1, 0.15) is 11.5 Å². The summed E-state index contributed by atoms with van der Waals surface area (Å²) in [7, 11) is -2.54. The molecule has 3 aromatic rings. The molecule has 1 fully saturated rings. The van der Waals surface area contributed by atoms with Crippen molar-refractivity contribution >= 4 is 39.3 Å². The number of rotatable bonds is 6. The fourth-order valence-corrected chi connectivity index (χ4v) is 4.51. The predicted molar refractivity (Wildman–Crippen MR) is 112 cm³/mol. The highest BCUT2D eigenvalue weighted by Gasteiger charge is 2.22. The number of anilines is 1. The summed E-state index contributed by atoms with van der Waals surface area (Å²) in [6, 6.07) is 7.82. The summed E-state index contributed by atoms with van der Waals surface area (Å²) in [5.41, 5.74) is 2.55. The molecule has 1 aliphatic carbocycles. The van der Waals surface area contributed by atoms with Crippen LogP contribution in [0.1, 0.15) is 25.7 Å². The first kappa shape index (κ1) is 19.2. The topological polar surface area (TPSA) is 99.8 Å². The predicted octanol–water partition coefficient (Wildman–Crippen LogP) is 3.37. The lowest BCUT2D eigenvalue weighted by Gasteiger charge is -2.30. The van der Waals surface area contributed by atoms with Crippen LogP contribution >= 0.6 is 11.6 Å². The van der Waals surface area contributed by atoms with E-state index in [0.29, 0.717) is 17.5 Å². The van der Waals surface area contributed by atoms with Crippen molar-refractivity contribution in [2.75, 3.05) is 11.9 Å². The molecule has 0 amide bonds. The third-order valence-corrected chi connectivity index (χ3v) is 5.82. The number of hydrogen-bond acceptors (Lipinski definition) is 5. The molecule has 7 nitrogen and oxygen atoms in total. The highest BCUT2D eigenvalue weighted by atomic mass is 35.5. The highest BCUT2D eigenvalue weighted by molar-refractivity contribution is 7.70.